The van der Waals surface area contributed by atoms with Gasteiger partial charge in [-0.25, -0.2) is 0 Å². The molecule has 0 radical (unpaired) electrons. The number of Topliss-reactive ketones (excluding diaryl/α,β-unsaturated/α-hetero) is 1. The fraction of sp³-hybridized carbons (Fsp3) is 0.370. The number of benzene rings is 2. The van der Waals surface area contributed by atoms with E-state index in [0.29, 0.717) is 0 Å². The highest BCUT2D eigenvalue weighted by molar-refractivity contribution is 6.18. The van der Waals surface area contributed by atoms with Crippen molar-refractivity contribution in [2.75, 3.05) is 11.5 Å². The van der Waals surface area contributed by atoms with Crippen LogP contribution in [0.5, 0.6) is 0 Å². The van der Waals surface area contributed by atoms with E-state index in [1.807, 2.05) is 24.3 Å². The van der Waals surface area contributed by atoms with E-state index in [1.54, 1.807) is 0 Å². The Bertz CT molecular complexity index is 946. The molecule has 0 heterocycles. The van der Waals surface area contributed by atoms with Crippen molar-refractivity contribution in [2.24, 2.45) is 0 Å². The maximum Gasteiger partial charge on any atom is 0.185 e. The van der Waals surface area contributed by atoms with Gasteiger partial charge in [0, 0.05) is 22.5 Å². The van der Waals surface area contributed by atoms with Gasteiger partial charge in [0.05, 0.1) is 0 Å². The van der Waals surface area contributed by atoms with Crippen LogP contribution in [-0.2, 0) is 17.6 Å². The Morgan fingerprint density at radius 2 is 1.13 bits per heavy atom. The van der Waals surface area contributed by atoms with E-state index in [4.69, 9.17) is 11.5 Å². The minimum Gasteiger partial charge on any atom is -0.399 e. The minimum absolute atomic E-state index is 0.224. The Morgan fingerprint density at radius 1 is 0.733 bits per heavy atom. The largest absolute Gasteiger partial charge is 0.399 e. The molecule has 30 heavy (non-hydrogen) atoms. The predicted molar refractivity (Wildman–Crippen MR) is 129 cm³/mol. The molecule has 0 aromatic heterocycles. The molecular weight excluding hydrogens is 368 g/mol. The summed E-state index contributed by atoms with van der Waals surface area (Å²) in [7, 11) is 0. The van der Waals surface area contributed by atoms with Crippen molar-refractivity contribution >= 4 is 28.3 Å². The molecule has 1 saturated carbocycles. The first-order chi connectivity index (χ1) is 14.4. The number of nitrogen functional groups attached to an aromatic ring is 2. The Kier molecular flexibility index (Phi) is 6.81. The number of hydrogen-bond acceptors (Lipinski definition) is 3. The minimum atomic E-state index is 0.224. The molecule has 0 bridgehead atoms. The van der Waals surface area contributed by atoms with Crippen LogP contribution in [0.2, 0.25) is 0 Å². The molecule has 2 aromatic carbocycles. The first-order valence-corrected chi connectivity index (χ1v) is 11.2. The van der Waals surface area contributed by atoms with Gasteiger partial charge in [-0.05, 0) is 96.2 Å². The van der Waals surface area contributed by atoms with Crippen molar-refractivity contribution in [1.29, 1.82) is 0 Å². The van der Waals surface area contributed by atoms with E-state index in [1.165, 1.54) is 33.4 Å². The Hall–Kier alpha value is -2.81. The van der Waals surface area contributed by atoms with Gasteiger partial charge in [-0.3, -0.25) is 4.79 Å². The number of hydrogen-bond donors (Lipinski definition) is 2. The summed E-state index contributed by atoms with van der Waals surface area (Å²) in [5.41, 5.74) is 22.7. The summed E-state index contributed by atoms with van der Waals surface area (Å²) in [5, 5.41) is 0. The second-order valence-electron chi connectivity index (χ2n) is 7.99. The molecule has 3 nitrogen and oxygen atoms in total. The van der Waals surface area contributed by atoms with Crippen LogP contribution in [0.15, 0.2) is 47.5 Å². The molecule has 0 atom stereocenters. The topological polar surface area (TPSA) is 69.1 Å². The van der Waals surface area contributed by atoms with E-state index >= 15 is 0 Å². The van der Waals surface area contributed by atoms with Crippen molar-refractivity contribution < 1.29 is 4.79 Å². The number of rotatable bonds is 6. The number of anilines is 2. The normalized spacial score (nSPS) is 17.4. The lowest BCUT2D eigenvalue weighted by Crippen LogP contribution is -2.05. The maximum absolute atomic E-state index is 13.6. The second kappa shape index (κ2) is 9.34. The molecule has 4 N–H and O–H groups in total. The van der Waals surface area contributed by atoms with E-state index < -0.39 is 0 Å². The average molecular weight is 403 g/mol. The fourth-order valence-electron chi connectivity index (χ4n) is 4.77. The van der Waals surface area contributed by atoms with E-state index in [-0.39, 0.29) is 5.78 Å². The summed E-state index contributed by atoms with van der Waals surface area (Å²) < 4.78 is 0. The smallest absolute Gasteiger partial charge is 0.185 e. The van der Waals surface area contributed by atoms with Crippen LogP contribution in [0.25, 0.3) is 11.1 Å². The molecule has 0 spiro atoms. The van der Waals surface area contributed by atoms with Gasteiger partial charge in [-0.2, -0.15) is 0 Å². The van der Waals surface area contributed by atoms with Crippen LogP contribution >= 0.6 is 0 Å². The highest BCUT2D eigenvalue weighted by atomic mass is 16.1. The lowest BCUT2D eigenvalue weighted by molar-refractivity contribution is -0.111. The molecular formula is C27H34N2O. The van der Waals surface area contributed by atoms with Crippen molar-refractivity contribution in [3.05, 3.63) is 69.8 Å². The van der Waals surface area contributed by atoms with Gasteiger partial charge >= 0.3 is 0 Å². The maximum atomic E-state index is 13.6. The molecule has 0 amide bonds. The van der Waals surface area contributed by atoms with Gasteiger partial charge in [0.2, 0.25) is 0 Å². The Morgan fingerprint density at radius 3 is 1.47 bits per heavy atom. The van der Waals surface area contributed by atoms with Gasteiger partial charge in [-0.15, -0.1) is 0 Å². The van der Waals surface area contributed by atoms with Crippen molar-refractivity contribution in [2.45, 2.75) is 66.2 Å². The molecule has 0 saturated heterocycles. The zero-order valence-corrected chi connectivity index (χ0v) is 18.8. The third kappa shape index (κ3) is 4.07. The van der Waals surface area contributed by atoms with Gasteiger partial charge < -0.3 is 11.5 Å². The zero-order valence-electron chi connectivity index (χ0n) is 18.8. The third-order valence-corrected chi connectivity index (χ3v) is 6.28. The van der Waals surface area contributed by atoms with Crippen molar-refractivity contribution in [3.63, 3.8) is 0 Å². The molecule has 1 aliphatic carbocycles. The van der Waals surface area contributed by atoms with Crippen LogP contribution < -0.4 is 11.5 Å². The van der Waals surface area contributed by atoms with Crippen molar-refractivity contribution in [1.82, 2.24) is 0 Å². The number of aryl methyl sites for hydroxylation is 2. The lowest BCUT2D eigenvalue weighted by atomic mass is 9.89. The Labute approximate surface area is 180 Å². The first-order valence-electron chi connectivity index (χ1n) is 11.2. The van der Waals surface area contributed by atoms with Crippen LogP contribution in [0.3, 0.4) is 0 Å². The quantitative estimate of drug-likeness (QED) is 0.436. The van der Waals surface area contributed by atoms with Crippen LogP contribution in [0.4, 0.5) is 11.4 Å². The summed E-state index contributed by atoms with van der Waals surface area (Å²) in [5.74, 6) is 0.224. The van der Waals surface area contributed by atoms with Crippen LogP contribution in [0.1, 0.15) is 75.6 Å². The number of ketones is 1. The SMILES string of the molecule is CCC(=C1CCC(=C(CC)c2ccc(N)cc2CC)C1=O)c1ccc(N)cc1CC. The molecule has 3 rings (SSSR count). The molecule has 1 fully saturated rings. The molecule has 158 valence electrons. The molecule has 2 aromatic rings. The highest BCUT2D eigenvalue weighted by Gasteiger charge is 2.29. The summed E-state index contributed by atoms with van der Waals surface area (Å²) in [6.07, 6.45) is 5.11. The van der Waals surface area contributed by atoms with Crippen LogP contribution in [-0.4, -0.2) is 5.78 Å². The van der Waals surface area contributed by atoms with E-state index in [0.717, 1.165) is 61.0 Å². The summed E-state index contributed by atoms with van der Waals surface area (Å²) in [4.78, 5) is 13.6. The Balaban J connectivity index is 2.13. The molecule has 1 aliphatic rings. The molecule has 0 unspecified atom stereocenters. The first kappa shape index (κ1) is 21.9. The standard InChI is InChI=1S/C27H34N2O/c1-5-17-15-19(28)9-11-23(17)21(7-3)25-13-14-26(27(25)30)22(8-4)24-12-10-20(29)16-18(24)6-2/h9-12,15-16H,5-8,13-14,28-29H2,1-4H3. The lowest BCUT2D eigenvalue weighted by Gasteiger charge is -2.15. The summed E-state index contributed by atoms with van der Waals surface area (Å²) in [6.45, 7) is 8.56. The van der Waals surface area contributed by atoms with Crippen LogP contribution in [0, 0.1) is 0 Å². The van der Waals surface area contributed by atoms with E-state index in [2.05, 4.69) is 39.8 Å². The number of carbonyl (C=O) groups is 1. The second-order valence-corrected chi connectivity index (χ2v) is 7.99. The molecule has 3 heteroatoms. The van der Waals surface area contributed by atoms with Gasteiger partial charge in [-0.1, -0.05) is 39.8 Å². The number of allylic oxidation sites excluding steroid dienone is 4. The zero-order chi connectivity index (χ0) is 21.8. The monoisotopic (exact) mass is 402 g/mol. The van der Waals surface area contributed by atoms with Gasteiger partial charge in [0.1, 0.15) is 0 Å². The summed E-state index contributed by atoms with van der Waals surface area (Å²) >= 11 is 0. The third-order valence-electron chi connectivity index (χ3n) is 6.28. The average Bonchev–Trinajstić information content (AvgIpc) is 3.12. The highest BCUT2D eigenvalue weighted by Crippen LogP contribution is 2.40. The predicted octanol–water partition coefficient (Wildman–Crippen LogP) is 6.37. The van der Waals surface area contributed by atoms with Gasteiger partial charge in [0.15, 0.2) is 5.78 Å². The number of carbonyl (C=O) groups excluding carboxylic acids is 1. The molecule has 0 aliphatic heterocycles. The van der Waals surface area contributed by atoms with Gasteiger partial charge in [0.25, 0.3) is 0 Å². The fourth-order valence-corrected chi connectivity index (χ4v) is 4.77. The van der Waals surface area contributed by atoms with E-state index in [9.17, 15) is 4.79 Å². The number of nitrogens with two attached hydrogens (primary N) is 2. The van der Waals surface area contributed by atoms with Crippen molar-refractivity contribution in [3.8, 4) is 0 Å². The summed E-state index contributed by atoms with van der Waals surface area (Å²) in [6, 6.07) is 12.2.